The molecular weight excluding hydrogens is 239 g/mol. The molecule has 0 spiro atoms. The van der Waals surface area contributed by atoms with E-state index < -0.39 is 23.7 Å². The van der Waals surface area contributed by atoms with Gasteiger partial charge >= 0.3 is 11.8 Å². The van der Waals surface area contributed by atoms with E-state index >= 15 is 0 Å². The summed E-state index contributed by atoms with van der Waals surface area (Å²) in [6, 6.07) is 4.77. The predicted octanol–water partition coefficient (Wildman–Crippen LogP) is 0.651. The average Bonchev–Trinajstić information content (AvgIpc) is 2.35. The molecule has 1 aromatic carbocycles. The highest BCUT2D eigenvalue weighted by atomic mass is 19.1. The lowest BCUT2D eigenvalue weighted by atomic mass is 10.2. The van der Waals surface area contributed by atoms with Crippen LogP contribution in [0.15, 0.2) is 24.3 Å². The number of amides is 2. The van der Waals surface area contributed by atoms with Crippen LogP contribution < -0.4 is 10.6 Å². The smallest absolute Gasteiger partial charge is 0.313 e. The summed E-state index contributed by atoms with van der Waals surface area (Å²) in [7, 11) is 0. The van der Waals surface area contributed by atoms with Crippen molar-refractivity contribution < 1.29 is 19.1 Å². The molecule has 0 radical (unpaired) electrons. The molecule has 1 rings (SSSR count). The highest BCUT2D eigenvalue weighted by Crippen LogP contribution is 2.08. The van der Waals surface area contributed by atoms with Crippen molar-refractivity contribution in [1.29, 1.82) is 0 Å². The molecule has 2 amide bonds. The van der Waals surface area contributed by atoms with Gasteiger partial charge < -0.3 is 15.7 Å². The van der Waals surface area contributed by atoms with Gasteiger partial charge in [-0.1, -0.05) is 13.0 Å². The number of aliphatic hydroxyl groups excluding tert-OH is 1. The number of hydrogen-bond acceptors (Lipinski definition) is 3. The molecular formula is C12H15FN2O3. The minimum absolute atomic E-state index is 0.201. The van der Waals surface area contributed by atoms with Crippen molar-refractivity contribution in [2.45, 2.75) is 19.4 Å². The lowest BCUT2D eigenvalue weighted by molar-refractivity contribution is -0.136. The second-order valence-corrected chi connectivity index (χ2v) is 3.73. The Bertz CT molecular complexity index is 433. The van der Waals surface area contributed by atoms with Gasteiger partial charge in [-0.15, -0.1) is 0 Å². The molecule has 0 unspecified atom stereocenters. The van der Waals surface area contributed by atoms with Crippen LogP contribution in [0.2, 0.25) is 0 Å². The van der Waals surface area contributed by atoms with Crippen LogP contribution in [0, 0.1) is 5.82 Å². The Morgan fingerprint density at radius 1 is 1.39 bits per heavy atom. The van der Waals surface area contributed by atoms with Gasteiger partial charge in [0.15, 0.2) is 0 Å². The van der Waals surface area contributed by atoms with Gasteiger partial charge in [-0.3, -0.25) is 9.59 Å². The van der Waals surface area contributed by atoms with E-state index in [-0.39, 0.29) is 12.3 Å². The van der Waals surface area contributed by atoms with Gasteiger partial charge in [0.05, 0.1) is 12.6 Å². The Hall–Kier alpha value is -1.95. The Labute approximate surface area is 104 Å². The zero-order chi connectivity index (χ0) is 13.5. The highest BCUT2D eigenvalue weighted by molar-refractivity contribution is 6.39. The van der Waals surface area contributed by atoms with Crippen molar-refractivity contribution in [3.05, 3.63) is 30.1 Å². The Balaban J connectivity index is 2.57. The number of rotatable bonds is 4. The van der Waals surface area contributed by atoms with Crippen molar-refractivity contribution in [2.75, 3.05) is 11.9 Å². The standard InChI is InChI=1S/C12H15FN2O3/c1-2-9(7-16)14-11(17)12(18)15-10-5-3-4-8(13)6-10/h3-6,9,16H,2,7H2,1H3,(H,14,17)(H,15,18)/t9-/m1/s1. The second-order valence-electron chi connectivity index (χ2n) is 3.73. The quantitative estimate of drug-likeness (QED) is 0.690. The molecule has 1 aromatic rings. The predicted molar refractivity (Wildman–Crippen MR) is 64.3 cm³/mol. The molecule has 6 heteroatoms. The van der Waals surface area contributed by atoms with Crippen molar-refractivity contribution in [3.8, 4) is 0 Å². The van der Waals surface area contributed by atoms with E-state index in [2.05, 4.69) is 10.6 Å². The van der Waals surface area contributed by atoms with Gasteiger partial charge in [-0.05, 0) is 24.6 Å². The number of anilines is 1. The van der Waals surface area contributed by atoms with E-state index in [9.17, 15) is 14.0 Å². The summed E-state index contributed by atoms with van der Waals surface area (Å²) in [5.41, 5.74) is 0.201. The van der Waals surface area contributed by atoms with Crippen LogP contribution in [-0.4, -0.2) is 29.6 Å². The van der Waals surface area contributed by atoms with E-state index in [1.807, 2.05) is 0 Å². The Kier molecular flexibility index (Phi) is 5.26. The summed E-state index contributed by atoms with van der Waals surface area (Å²) < 4.78 is 12.9. The summed E-state index contributed by atoms with van der Waals surface area (Å²) in [4.78, 5) is 22.9. The van der Waals surface area contributed by atoms with Crippen LogP contribution in [0.25, 0.3) is 0 Å². The second kappa shape index (κ2) is 6.70. The molecule has 1 atom stereocenters. The molecule has 3 N–H and O–H groups in total. The first-order chi connectivity index (χ1) is 8.56. The number of carbonyl (C=O) groups excluding carboxylic acids is 2. The minimum Gasteiger partial charge on any atom is -0.394 e. The summed E-state index contributed by atoms with van der Waals surface area (Å²) in [5, 5.41) is 13.5. The van der Waals surface area contributed by atoms with Gasteiger partial charge in [0.1, 0.15) is 5.82 Å². The molecule has 0 aromatic heterocycles. The molecule has 0 aliphatic carbocycles. The van der Waals surface area contributed by atoms with Crippen molar-refractivity contribution in [2.24, 2.45) is 0 Å². The maximum Gasteiger partial charge on any atom is 0.313 e. The highest BCUT2D eigenvalue weighted by Gasteiger charge is 2.17. The van der Waals surface area contributed by atoms with Gasteiger partial charge in [0, 0.05) is 5.69 Å². The minimum atomic E-state index is -0.896. The summed E-state index contributed by atoms with van der Waals surface area (Å²) in [6.45, 7) is 1.53. The topological polar surface area (TPSA) is 78.4 Å². The molecule has 0 saturated carbocycles. The third kappa shape index (κ3) is 4.14. The molecule has 0 bridgehead atoms. The summed E-state index contributed by atoms with van der Waals surface area (Å²) in [5.74, 6) is -2.26. The van der Waals surface area contributed by atoms with Crippen molar-refractivity contribution in [3.63, 3.8) is 0 Å². The van der Waals surface area contributed by atoms with Gasteiger partial charge in [0.25, 0.3) is 0 Å². The summed E-state index contributed by atoms with van der Waals surface area (Å²) in [6.07, 6.45) is 0.509. The molecule has 0 fully saturated rings. The average molecular weight is 254 g/mol. The van der Waals surface area contributed by atoms with Crippen LogP contribution in [0.1, 0.15) is 13.3 Å². The Morgan fingerprint density at radius 2 is 2.11 bits per heavy atom. The van der Waals surface area contributed by atoms with E-state index in [0.29, 0.717) is 6.42 Å². The molecule has 0 heterocycles. The van der Waals surface area contributed by atoms with E-state index in [1.54, 1.807) is 6.92 Å². The van der Waals surface area contributed by atoms with Crippen LogP contribution in [0.4, 0.5) is 10.1 Å². The van der Waals surface area contributed by atoms with Crippen molar-refractivity contribution >= 4 is 17.5 Å². The van der Waals surface area contributed by atoms with Gasteiger partial charge in [0.2, 0.25) is 0 Å². The summed E-state index contributed by atoms with van der Waals surface area (Å²) >= 11 is 0. The maximum atomic E-state index is 12.9. The lowest BCUT2D eigenvalue weighted by Gasteiger charge is -2.13. The molecule has 0 aliphatic heterocycles. The molecule has 98 valence electrons. The Morgan fingerprint density at radius 3 is 2.67 bits per heavy atom. The first-order valence-electron chi connectivity index (χ1n) is 5.55. The number of benzene rings is 1. The third-order valence-corrected chi connectivity index (χ3v) is 2.34. The molecule has 18 heavy (non-hydrogen) atoms. The fourth-order valence-electron chi connectivity index (χ4n) is 1.28. The molecule has 5 nitrogen and oxygen atoms in total. The third-order valence-electron chi connectivity index (χ3n) is 2.34. The number of hydrogen-bond donors (Lipinski definition) is 3. The largest absolute Gasteiger partial charge is 0.394 e. The first kappa shape index (κ1) is 14.1. The van der Waals surface area contributed by atoms with Gasteiger partial charge in [-0.2, -0.15) is 0 Å². The van der Waals surface area contributed by atoms with Crippen LogP contribution in [0.5, 0.6) is 0 Å². The lowest BCUT2D eigenvalue weighted by Crippen LogP contribution is -2.43. The SMILES string of the molecule is CC[C@H](CO)NC(=O)C(=O)Nc1cccc(F)c1. The fraction of sp³-hybridized carbons (Fsp3) is 0.333. The van der Waals surface area contributed by atoms with Gasteiger partial charge in [-0.25, -0.2) is 4.39 Å². The number of carbonyl (C=O) groups is 2. The molecule has 0 saturated heterocycles. The number of nitrogens with one attached hydrogen (secondary N) is 2. The van der Waals surface area contributed by atoms with Crippen LogP contribution in [0.3, 0.4) is 0 Å². The van der Waals surface area contributed by atoms with Crippen LogP contribution >= 0.6 is 0 Å². The molecule has 0 aliphatic rings. The normalized spacial score (nSPS) is 11.7. The zero-order valence-corrected chi connectivity index (χ0v) is 9.94. The van der Waals surface area contributed by atoms with Crippen molar-refractivity contribution in [1.82, 2.24) is 5.32 Å². The van der Waals surface area contributed by atoms with E-state index in [0.717, 1.165) is 6.07 Å². The first-order valence-corrected chi connectivity index (χ1v) is 5.55. The maximum absolute atomic E-state index is 12.9. The van der Waals surface area contributed by atoms with E-state index in [1.165, 1.54) is 18.2 Å². The number of aliphatic hydroxyl groups is 1. The number of halogens is 1. The fourth-order valence-corrected chi connectivity index (χ4v) is 1.28. The van der Waals surface area contributed by atoms with E-state index in [4.69, 9.17) is 5.11 Å². The van der Waals surface area contributed by atoms with Crippen LogP contribution in [-0.2, 0) is 9.59 Å². The zero-order valence-electron chi connectivity index (χ0n) is 9.94. The monoisotopic (exact) mass is 254 g/mol.